The average Bonchev–Trinajstić information content (AvgIpc) is 2.15. The molecule has 2 rings (SSSR count). The van der Waals surface area contributed by atoms with Gasteiger partial charge in [0.1, 0.15) is 11.9 Å². The quantitative estimate of drug-likeness (QED) is 0.908. The zero-order valence-electron chi connectivity index (χ0n) is 8.32. The van der Waals surface area contributed by atoms with Crippen LogP contribution in [0.3, 0.4) is 0 Å². The second-order valence-corrected chi connectivity index (χ2v) is 4.66. The maximum atomic E-state index is 10.6. The molecule has 0 unspecified atom stereocenters. The first-order valence-corrected chi connectivity index (χ1v) is 5.66. The van der Waals surface area contributed by atoms with Crippen LogP contribution in [0.4, 0.5) is 0 Å². The van der Waals surface area contributed by atoms with E-state index in [1.807, 2.05) is 0 Å². The molecule has 1 N–H and O–H groups in total. The van der Waals surface area contributed by atoms with Gasteiger partial charge >= 0.3 is 5.97 Å². The highest BCUT2D eigenvalue weighted by Gasteiger charge is 2.36. The van der Waals surface area contributed by atoms with E-state index in [0.717, 1.165) is 0 Å². The fourth-order valence-electron chi connectivity index (χ4n) is 1.61. The molecule has 0 atom stereocenters. The molecule has 0 saturated heterocycles. The molecule has 1 aliphatic rings. The van der Waals surface area contributed by atoms with Crippen LogP contribution in [-0.4, -0.2) is 17.2 Å². The van der Waals surface area contributed by atoms with Crippen LogP contribution in [0, 0.1) is 5.92 Å². The van der Waals surface area contributed by atoms with Crippen molar-refractivity contribution in [1.29, 1.82) is 0 Å². The SMILES string of the molecule is O=C(O)[C@H]1C[C@H](Oc2cc(Cl)ccc2Cl)C1. The number of carbonyl (C=O) groups is 1. The van der Waals surface area contributed by atoms with Gasteiger partial charge in [-0.05, 0) is 25.0 Å². The Morgan fingerprint density at radius 2 is 2.06 bits per heavy atom. The van der Waals surface area contributed by atoms with E-state index in [4.69, 9.17) is 33.0 Å². The van der Waals surface area contributed by atoms with Gasteiger partial charge in [-0.15, -0.1) is 0 Å². The summed E-state index contributed by atoms with van der Waals surface area (Å²) >= 11 is 11.7. The molecule has 1 fully saturated rings. The van der Waals surface area contributed by atoms with Gasteiger partial charge in [0, 0.05) is 11.1 Å². The van der Waals surface area contributed by atoms with Crippen molar-refractivity contribution in [1.82, 2.24) is 0 Å². The molecule has 0 radical (unpaired) electrons. The number of carboxylic acids is 1. The summed E-state index contributed by atoms with van der Waals surface area (Å²) in [5.74, 6) is -0.539. The first-order chi connectivity index (χ1) is 7.56. The molecule has 0 aromatic heterocycles. The van der Waals surface area contributed by atoms with E-state index < -0.39 is 5.97 Å². The number of rotatable bonds is 3. The van der Waals surface area contributed by atoms with Gasteiger partial charge < -0.3 is 9.84 Å². The number of carboxylic acid groups (broad SMARTS) is 1. The Morgan fingerprint density at radius 3 is 2.69 bits per heavy atom. The van der Waals surface area contributed by atoms with Gasteiger partial charge in [-0.3, -0.25) is 4.79 Å². The minimum atomic E-state index is -0.767. The number of halogens is 2. The van der Waals surface area contributed by atoms with E-state index in [0.29, 0.717) is 28.6 Å². The predicted octanol–water partition coefficient (Wildman–Crippen LogP) is 3.24. The van der Waals surface area contributed by atoms with Gasteiger partial charge in [0.25, 0.3) is 0 Å². The highest BCUT2D eigenvalue weighted by molar-refractivity contribution is 6.34. The summed E-state index contributed by atoms with van der Waals surface area (Å²) in [6.45, 7) is 0. The first-order valence-electron chi connectivity index (χ1n) is 4.91. The highest BCUT2D eigenvalue weighted by atomic mass is 35.5. The van der Waals surface area contributed by atoms with E-state index in [-0.39, 0.29) is 12.0 Å². The smallest absolute Gasteiger partial charge is 0.306 e. The first kappa shape index (κ1) is 11.6. The molecular formula is C11H10Cl2O3. The summed E-state index contributed by atoms with van der Waals surface area (Å²) in [4.78, 5) is 10.6. The van der Waals surface area contributed by atoms with Crippen LogP contribution in [-0.2, 0) is 4.79 Å². The van der Waals surface area contributed by atoms with Crippen molar-refractivity contribution in [3.8, 4) is 5.75 Å². The zero-order chi connectivity index (χ0) is 11.7. The molecule has 0 aliphatic heterocycles. The monoisotopic (exact) mass is 260 g/mol. The lowest BCUT2D eigenvalue weighted by Crippen LogP contribution is -2.38. The number of benzene rings is 1. The summed E-state index contributed by atoms with van der Waals surface area (Å²) < 4.78 is 5.56. The van der Waals surface area contributed by atoms with Crippen LogP contribution in [0.25, 0.3) is 0 Å². The number of ether oxygens (including phenoxy) is 1. The van der Waals surface area contributed by atoms with E-state index >= 15 is 0 Å². The molecule has 1 saturated carbocycles. The lowest BCUT2D eigenvalue weighted by molar-refractivity contribution is -0.147. The van der Waals surface area contributed by atoms with Crippen molar-refractivity contribution in [2.75, 3.05) is 0 Å². The number of hydrogen-bond donors (Lipinski definition) is 1. The second kappa shape index (κ2) is 4.52. The summed E-state index contributed by atoms with van der Waals surface area (Å²) in [5, 5.41) is 9.75. The Balaban J connectivity index is 1.96. The van der Waals surface area contributed by atoms with E-state index in [1.54, 1.807) is 18.2 Å². The normalized spacial score (nSPS) is 23.6. The Hall–Kier alpha value is -0.930. The molecule has 0 bridgehead atoms. The molecule has 86 valence electrons. The van der Waals surface area contributed by atoms with Crippen LogP contribution in [0.1, 0.15) is 12.8 Å². The Morgan fingerprint density at radius 1 is 1.38 bits per heavy atom. The van der Waals surface area contributed by atoms with Crippen molar-refractivity contribution in [3.63, 3.8) is 0 Å². The molecule has 0 spiro atoms. The summed E-state index contributed by atoms with van der Waals surface area (Å²) in [6.07, 6.45) is 0.980. The second-order valence-electron chi connectivity index (χ2n) is 3.82. The predicted molar refractivity (Wildman–Crippen MR) is 61.2 cm³/mol. The summed E-state index contributed by atoms with van der Waals surface area (Å²) in [5.41, 5.74) is 0. The van der Waals surface area contributed by atoms with Crippen LogP contribution >= 0.6 is 23.2 Å². The molecule has 1 aliphatic carbocycles. The zero-order valence-corrected chi connectivity index (χ0v) is 9.83. The molecule has 5 heteroatoms. The maximum Gasteiger partial charge on any atom is 0.306 e. The Kier molecular flexibility index (Phi) is 3.26. The van der Waals surface area contributed by atoms with Gasteiger partial charge in [0.05, 0.1) is 10.9 Å². The van der Waals surface area contributed by atoms with Gasteiger partial charge in [-0.2, -0.15) is 0 Å². The van der Waals surface area contributed by atoms with Gasteiger partial charge in [0.2, 0.25) is 0 Å². The molecule has 0 amide bonds. The topological polar surface area (TPSA) is 46.5 Å². The van der Waals surface area contributed by atoms with Crippen LogP contribution in [0.5, 0.6) is 5.75 Å². The lowest BCUT2D eigenvalue weighted by atomic mass is 9.82. The standard InChI is InChI=1S/C11H10Cl2O3/c12-7-1-2-9(13)10(5-7)16-8-3-6(4-8)11(14)15/h1-2,5-6,8H,3-4H2,(H,14,15)/t6-,8-. The van der Waals surface area contributed by atoms with E-state index in [9.17, 15) is 4.79 Å². The third-order valence-electron chi connectivity index (χ3n) is 2.63. The summed E-state index contributed by atoms with van der Waals surface area (Å²) in [6, 6.07) is 4.97. The minimum absolute atomic E-state index is 0.0722. The van der Waals surface area contributed by atoms with Crippen molar-refractivity contribution in [3.05, 3.63) is 28.2 Å². The summed E-state index contributed by atoms with van der Waals surface area (Å²) in [7, 11) is 0. The van der Waals surface area contributed by atoms with Crippen molar-refractivity contribution >= 4 is 29.2 Å². The van der Waals surface area contributed by atoms with Gasteiger partial charge in [0.15, 0.2) is 0 Å². The minimum Gasteiger partial charge on any atom is -0.489 e. The fraction of sp³-hybridized carbons (Fsp3) is 0.364. The Labute approximate surface area is 103 Å². The number of hydrogen-bond acceptors (Lipinski definition) is 2. The van der Waals surface area contributed by atoms with Gasteiger partial charge in [-0.1, -0.05) is 23.2 Å². The van der Waals surface area contributed by atoms with Crippen LogP contribution < -0.4 is 4.74 Å². The van der Waals surface area contributed by atoms with E-state index in [1.165, 1.54) is 0 Å². The molecular weight excluding hydrogens is 251 g/mol. The van der Waals surface area contributed by atoms with E-state index in [2.05, 4.69) is 0 Å². The third kappa shape index (κ3) is 2.42. The largest absolute Gasteiger partial charge is 0.489 e. The average molecular weight is 261 g/mol. The van der Waals surface area contributed by atoms with Crippen molar-refractivity contribution < 1.29 is 14.6 Å². The fourth-order valence-corrected chi connectivity index (χ4v) is 1.93. The lowest BCUT2D eigenvalue weighted by Gasteiger charge is -2.32. The van der Waals surface area contributed by atoms with Crippen LogP contribution in [0.2, 0.25) is 10.0 Å². The Bertz CT molecular complexity index is 414. The highest BCUT2D eigenvalue weighted by Crippen LogP contribution is 2.35. The third-order valence-corrected chi connectivity index (χ3v) is 3.18. The molecule has 0 heterocycles. The number of aliphatic carboxylic acids is 1. The van der Waals surface area contributed by atoms with Crippen LogP contribution in [0.15, 0.2) is 18.2 Å². The van der Waals surface area contributed by atoms with Gasteiger partial charge in [-0.25, -0.2) is 0 Å². The maximum absolute atomic E-state index is 10.6. The molecule has 16 heavy (non-hydrogen) atoms. The van der Waals surface area contributed by atoms with Crippen molar-refractivity contribution in [2.24, 2.45) is 5.92 Å². The van der Waals surface area contributed by atoms with Crippen molar-refractivity contribution in [2.45, 2.75) is 18.9 Å². The molecule has 1 aromatic carbocycles. The molecule has 3 nitrogen and oxygen atoms in total. The molecule has 1 aromatic rings.